The Labute approximate surface area is 237 Å². The first kappa shape index (κ1) is 25.7. The van der Waals surface area contributed by atoms with E-state index in [1.165, 1.54) is 5.39 Å². The van der Waals surface area contributed by atoms with Gasteiger partial charge in [-0.1, -0.05) is 24.3 Å². The number of aryl methyl sites for hydroxylation is 2. The van der Waals surface area contributed by atoms with Crippen molar-refractivity contribution in [2.45, 2.75) is 45.6 Å². The number of carbonyl (C=O) groups excluding carboxylic acids is 1. The predicted molar refractivity (Wildman–Crippen MR) is 137 cm³/mol. The van der Waals surface area contributed by atoms with Gasteiger partial charge in [0.05, 0.1) is 33.5 Å². The van der Waals surface area contributed by atoms with Gasteiger partial charge in [0.15, 0.2) is 0 Å². The Morgan fingerprint density at radius 2 is 1.83 bits per heavy atom. The van der Waals surface area contributed by atoms with Crippen LogP contribution in [0.15, 0.2) is 42.5 Å². The maximum absolute atomic E-state index is 12.3. The molecule has 0 bridgehead atoms. The summed E-state index contributed by atoms with van der Waals surface area (Å²) in [6, 6.07) is 13.7. The van der Waals surface area contributed by atoms with Gasteiger partial charge in [-0.15, -0.1) is 11.3 Å². The van der Waals surface area contributed by atoms with Gasteiger partial charge in [0.1, 0.15) is 5.75 Å². The van der Waals surface area contributed by atoms with E-state index in [0.717, 1.165) is 59.6 Å². The van der Waals surface area contributed by atoms with E-state index >= 15 is 0 Å². The summed E-state index contributed by atoms with van der Waals surface area (Å²) in [4.78, 5) is 18.3. The minimum Gasteiger partial charge on any atom is -0.545 e. The molecule has 0 atom stereocenters. The number of carbonyl (C=O) groups is 1. The van der Waals surface area contributed by atoms with Gasteiger partial charge in [0, 0.05) is 23.5 Å². The monoisotopic (exact) mass is 509 g/mol. The number of hydrogen-bond donors (Lipinski definition) is 0. The molecule has 1 aliphatic heterocycles. The van der Waals surface area contributed by atoms with Crippen LogP contribution in [0.25, 0.3) is 31.6 Å². The Hall–Kier alpha value is -1.96. The number of aromatic nitrogens is 1. The first-order valence-electron chi connectivity index (χ1n) is 12.4. The van der Waals surface area contributed by atoms with E-state index in [9.17, 15) is 9.90 Å². The molecule has 0 unspecified atom stereocenters. The van der Waals surface area contributed by atoms with Crippen LogP contribution in [0, 0.1) is 25.7 Å². The molecule has 6 rings (SSSR count). The van der Waals surface area contributed by atoms with Crippen molar-refractivity contribution in [3.63, 3.8) is 0 Å². The molecule has 1 saturated carbocycles. The van der Waals surface area contributed by atoms with Crippen molar-refractivity contribution in [1.29, 1.82) is 0 Å². The van der Waals surface area contributed by atoms with Crippen LogP contribution in [0.4, 0.5) is 0 Å². The van der Waals surface area contributed by atoms with Gasteiger partial charge in [0.2, 0.25) is 0 Å². The molecule has 0 radical (unpaired) electrons. The largest absolute Gasteiger partial charge is 1.00 e. The molecule has 180 valence electrons. The third-order valence-electron chi connectivity index (χ3n) is 7.78. The third-order valence-corrected chi connectivity index (χ3v) is 9.07. The Balaban J connectivity index is 0.00000267. The molecule has 0 amide bonds. The fraction of sp³-hybridized carbons (Fsp3) is 0.379. The van der Waals surface area contributed by atoms with E-state index < -0.39 is 5.97 Å². The van der Waals surface area contributed by atoms with Gasteiger partial charge in [-0.3, -0.25) is 0 Å². The fourth-order valence-electron chi connectivity index (χ4n) is 5.69. The zero-order chi connectivity index (χ0) is 24.1. The maximum atomic E-state index is 12.3. The summed E-state index contributed by atoms with van der Waals surface area (Å²) in [7, 11) is 0. The van der Waals surface area contributed by atoms with Crippen LogP contribution in [0.2, 0.25) is 0 Å². The summed E-state index contributed by atoms with van der Waals surface area (Å²) >= 11 is 1.64. The van der Waals surface area contributed by atoms with Gasteiger partial charge in [-0.2, -0.15) is 0 Å². The number of pyridine rings is 1. The van der Waals surface area contributed by atoms with Crippen LogP contribution in [-0.4, -0.2) is 30.3 Å². The molecule has 1 aliphatic carbocycles. The van der Waals surface area contributed by atoms with Gasteiger partial charge in [0.25, 0.3) is 0 Å². The Morgan fingerprint density at radius 1 is 1.08 bits per heavy atom. The van der Waals surface area contributed by atoms with E-state index in [1.807, 2.05) is 31.2 Å². The summed E-state index contributed by atoms with van der Waals surface area (Å²) in [5.74, 6) is 0.765. The van der Waals surface area contributed by atoms with Crippen molar-refractivity contribution < 1.29 is 48.9 Å². The first-order valence-corrected chi connectivity index (χ1v) is 13.2. The van der Waals surface area contributed by atoms with Gasteiger partial charge in [-0.25, -0.2) is 4.98 Å². The van der Waals surface area contributed by atoms with Crippen LogP contribution in [-0.2, 0) is 4.74 Å². The molecular weight excluding hydrogens is 481 g/mol. The quantitative estimate of drug-likeness (QED) is 0.387. The van der Waals surface area contributed by atoms with Gasteiger partial charge >= 0.3 is 29.6 Å². The van der Waals surface area contributed by atoms with Crippen LogP contribution in [0.5, 0.6) is 5.75 Å². The maximum Gasteiger partial charge on any atom is 1.00 e. The summed E-state index contributed by atoms with van der Waals surface area (Å²) in [5.41, 5.74) is 3.50. The average molecular weight is 510 g/mol. The second kappa shape index (κ2) is 10.4. The van der Waals surface area contributed by atoms with Crippen molar-refractivity contribution in [3.8, 4) is 16.3 Å². The topological polar surface area (TPSA) is 71.5 Å². The molecule has 0 N–H and O–H groups in total. The Morgan fingerprint density at radius 3 is 2.56 bits per heavy atom. The molecule has 36 heavy (non-hydrogen) atoms. The summed E-state index contributed by atoms with van der Waals surface area (Å²) in [6.45, 7) is 5.75. The van der Waals surface area contributed by atoms with E-state index in [1.54, 1.807) is 17.4 Å². The van der Waals surface area contributed by atoms with E-state index in [-0.39, 0.29) is 41.2 Å². The normalized spacial score (nSPS) is 20.2. The second-order valence-corrected chi connectivity index (χ2v) is 11.0. The molecule has 4 aromatic rings. The van der Waals surface area contributed by atoms with Crippen LogP contribution in [0.3, 0.4) is 0 Å². The number of fused-ring (bicyclic) bond motifs is 2. The smallest absolute Gasteiger partial charge is 0.545 e. The molecular formula is C29H28NNaO4S. The van der Waals surface area contributed by atoms with Crippen molar-refractivity contribution in [1.82, 2.24) is 4.98 Å². The zero-order valence-electron chi connectivity index (χ0n) is 21.0. The van der Waals surface area contributed by atoms with Crippen LogP contribution < -0.4 is 39.4 Å². The number of hydrogen-bond acceptors (Lipinski definition) is 6. The standard InChI is InChI=1S/C29H29NO4S.Na/c1-16-7-8-24(34-20-13-19(14-20)18-9-11-33-12-10-18)26-22(29(31)32)15-23(30-27(16)26)28-17(2)21-5-3-4-6-25(21)35-28;/h3-8,15,18-20H,9-14H2,1-2H3,(H,31,32);/q;+1/p-1. The molecule has 1 saturated heterocycles. The van der Waals surface area contributed by atoms with Gasteiger partial charge < -0.3 is 19.4 Å². The van der Waals surface area contributed by atoms with Crippen molar-refractivity contribution >= 4 is 38.3 Å². The number of benzene rings is 2. The number of nitrogens with zero attached hydrogens (tertiary/aromatic N) is 1. The minimum atomic E-state index is -1.21. The minimum absolute atomic E-state index is 0. The van der Waals surface area contributed by atoms with E-state index in [2.05, 4.69) is 19.1 Å². The number of ether oxygens (including phenoxy) is 2. The van der Waals surface area contributed by atoms with Crippen molar-refractivity contribution in [3.05, 3.63) is 59.2 Å². The SMILES string of the molecule is Cc1c(-c2cc(C(=O)[O-])c3c(OC4CC(C5CCOCC5)C4)ccc(C)c3n2)sc2ccccc12.[Na+]. The average Bonchev–Trinajstić information content (AvgIpc) is 3.19. The van der Waals surface area contributed by atoms with Gasteiger partial charge in [-0.05, 0) is 86.1 Å². The molecule has 5 nitrogen and oxygen atoms in total. The summed E-state index contributed by atoms with van der Waals surface area (Å²) in [5, 5.41) is 14.1. The Kier molecular flexibility index (Phi) is 7.44. The molecule has 2 aromatic carbocycles. The van der Waals surface area contributed by atoms with E-state index in [4.69, 9.17) is 14.5 Å². The second-order valence-electron chi connectivity index (χ2n) is 9.92. The molecule has 0 spiro atoms. The molecule has 2 aromatic heterocycles. The summed E-state index contributed by atoms with van der Waals surface area (Å²) < 4.78 is 13.1. The third kappa shape index (κ3) is 4.59. The van der Waals surface area contributed by atoms with E-state index in [0.29, 0.717) is 34.2 Å². The number of carboxylic acid groups (broad SMARTS) is 1. The van der Waals surface area contributed by atoms with Crippen LogP contribution >= 0.6 is 11.3 Å². The Bertz CT molecular complexity index is 1440. The first-order chi connectivity index (χ1) is 17.0. The molecule has 2 fully saturated rings. The van der Waals surface area contributed by atoms with Crippen molar-refractivity contribution in [2.75, 3.05) is 13.2 Å². The van der Waals surface area contributed by atoms with Crippen molar-refractivity contribution in [2.24, 2.45) is 11.8 Å². The molecule has 3 heterocycles. The fourth-order valence-corrected chi connectivity index (χ4v) is 6.86. The number of aromatic carboxylic acids is 1. The predicted octanol–water partition coefficient (Wildman–Crippen LogP) is 2.68. The summed E-state index contributed by atoms with van der Waals surface area (Å²) in [6.07, 6.45) is 4.38. The molecule has 7 heteroatoms. The zero-order valence-corrected chi connectivity index (χ0v) is 23.8. The van der Waals surface area contributed by atoms with Crippen LogP contribution in [0.1, 0.15) is 47.2 Å². The number of rotatable bonds is 5. The molecule has 2 aliphatic rings. The number of carboxylic acids is 1. The number of thiophene rings is 1.